The molecule has 3 rings (SSSR count). The van der Waals surface area contributed by atoms with Gasteiger partial charge in [-0.2, -0.15) is 0 Å². The van der Waals surface area contributed by atoms with E-state index in [2.05, 4.69) is 44.2 Å². The zero-order valence-corrected chi connectivity index (χ0v) is 12.8. The van der Waals surface area contributed by atoms with E-state index in [9.17, 15) is 5.11 Å². The lowest BCUT2D eigenvalue weighted by Gasteiger charge is -2.24. The van der Waals surface area contributed by atoms with Crippen LogP contribution in [0.1, 0.15) is 28.5 Å². The van der Waals surface area contributed by atoms with E-state index in [1.165, 1.54) is 15.6 Å². The van der Waals surface area contributed by atoms with Gasteiger partial charge in [-0.15, -0.1) is 11.3 Å². The van der Waals surface area contributed by atoms with Crippen LogP contribution in [0.3, 0.4) is 0 Å². The Balaban J connectivity index is 2.14. The van der Waals surface area contributed by atoms with Gasteiger partial charge in [-0.05, 0) is 49.4 Å². The van der Waals surface area contributed by atoms with Gasteiger partial charge >= 0.3 is 0 Å². The topological polar surface area (TPSA) is 20.2 Å². The van der Waals surface area contributed by atoms with Crippen LogP contribution in [0.5, 0.6) is 0 Å². The SMILES string of the molecule is Cc1ccc(C(C)(O)c2cc3ccccc3s2)c(C)c1. The van der Waals surface area contributed by atoms with Gasteiger partial charge in [0.05, 0.1) is 0 Å². The van der Waals surface area contributed by atoms with Crippen molar-refractivity contribution >= 4 is 21.4 Å². The molecule has 0 bridgehead atoms. The Morgan fingerprint density at radius 1 is 1.00 bits per heavy atom. The van der Waals surface area contributed by atoms with Gasteiger partial charge in [0.2, 0.25) is 0 Å². The summed E-state index contributed by atoms with van der Waals surface area (Å²) in [6.07, 6.45) is 0. The minimum atomic E-state index is -0.943. The van der Waals surface area contributed by atoms with Gasteiger partial charge in [-0.25, -0.2) is 0 Å². The van der Waals surface area contributed by atoms with Crippen molar-refractivity contribution in [3.8, 4) is 0 Å². The van der Waals surface area contributed by atoms with Gasteiger partial charge in [-0.1, -0.05) is 42.0 Å². The molecule has 0 saturated heterocycles. The van der Waals surface area contributed by atoms with Crippen molar-refractivity contribution in [3.05, 3.63) is 70.1 Å². The normalized spacial score (nSPS) is 14.4. The van der Waals surface area contributed by atoms with Crippen molar-refractivity contribution in [3.63, 3.8) is 0 Å². The summed E-state index contributed by atoms with van der Waals surface area (Å²) in [4.78, 5) is 0.991. The zero-order chi connectivity index (χ0) is 14.3. The molecule has 1 unspecified atom stereocenters. The molecular weight excluding hydrogens is 264 g/mol. The number of thiophene rings is 1. The van der Waals surface area contributed by atoms with Gasteiger partial charge in [0.25, 0.3) is 0 Å². The Labute approximate surface area is 123 Å². The molecule has 0 aliphatic carbocycles. The second kappa shape index (κ2) is 4.72. The number of fused-ring (bicyclic) bond motifs is 1. The van der Waals surface area contributed by atoms with E-state index in [-0.39, 0.29) is 0 Å². The fraction of sp³-hybridized carbons (Fsp3) is 0.222. The Kier molecular flexibility index (Phi) is 3.15. The highest BCUT2D eigenvalue weighted by atomic mass is 32.1. The molecule has 20 heavy (non-hydrogen) atoms. The Morgan fingerprint density at radius 2 is 1.75 bits per heavy atom. The van der Waals surface area contributed by atoms with Gasteiger partial charge in [-0.3, -0.25) is 0 Å². The van der Waals surface area contributed by atoms with Gasteiger partial charge < -0.3 is 5.11 Å². The monoisotopic (exact) mass is 282 g/mol. The second-order valence-corrected chi connectivity index (χ2v) is 6.62. The first-order chi connectivity index (χ1) is 9.48. The number of benzene rings is 2. The van der Waals surface area contributed by atoms with Crippen LogP contribution < -0.4 is 0 Å². The summed E-state index contributed by atoms with van der Waals surface area (Å²) in [5.41, 5.74) is 2.39. The molecule has 2 heteroatoms. The fourth-order valence-electron chi connectivity index (χ4n) is 2.71. The molecule has 1 N–H and O–H groups in total. The smallest absolute Gasteiger partial charge is 0.121 e. The van der Waals surface area contributed by atoms with Gasteiger partial charge in [0.1, 0.15) is 5.60 Å². The second-order valence-electron chi connectivity index (χ2n) is 5.54. The van der Waals surface area contributed by atoms with Crippen molar-refractivity contribution < 1.29 is 5.11 Å². The minimum absolute atomic E-state index is 0.943. The molecule has 1 heterocycles. The fourth-order valence-corrected chi connectivity index (χ4v) is 3.84. The summed E-state index contributed by atoms with van der Waals surface area (Å²) in [5, 5.41) is 12.2. The number of hydrogen-bond donors (Lipinski definition) is 1. The van der Waals surface area contributed by atoms with Crippen molar-refractivity contribution in [1.29, 1.82) is 0 Å². The zero-order valence-electron chi connectivity index (χ0n) is 12.0. The lowest BCUT2D eigenvalue weighted by Crippen LogP contribution is -2.22. The molecule has 0 radical (unpaired) electrons. The lowest BCUT2D eigenvalue weighted by atomic mass is 9.89. The molecule has 0 fully saturated rings. The van der Waals surface area contributed by atoms with Crippen LogP contribution in [0.25, 0.3) is 10.1 Å². The molecule has 0 saturated carbocycles. The van der Waals surface area contributed by atoms with Crippen LogP contribution in [0.15, 0.2) is 48.5 Å². The van der Waals surface area contributed by atoms with Crippen molar-refractivity contribution in [1.82, 2.24) is 0 Å². The predicted octanol–water partition coefficient (Wildman–Crippen LogP) is 4.77. The molecule has 3 aromatic rings. The molecule has 0 amide bonds. The molecule has 2 aromatic carbocycles. The third kappa shape index (κ3) is 2.15. The highest BCUT2D eigenvalue weighted by molar-refractivity contribution is 7.19. The van der Waals surface area contributed by atoms with Crippen molar-refractivity contribution in [2.45, 2.75) is 26.4 Å². The van der Waals surface area contributed by atoms with E-state index in [0.29, 0.717) is 0 Å². The number of aryl methyl sites for hydroxylation is 2. The molecule has 1 nitrogen and oxygen atoms in total. The van der Waals surface area contributed by atoms with E-state index in [1.807, 2.05) is 25.1 Å². The van der Waals surface area contributed by atoms with E-state index < -0.39 is 5.60 Å². The first kappa shape index (κ1) is 13.3. The molecule has 102 valence electrons. The quantitative estimate of drug-likeness (QED) is 0.717. The first-order valence-electron chi connectivity index (χ1n) is 6.77. The van der Waals surface area contributed by atoms with Crippen molar-refractivity contribution in [2.75, 3.05) is 0 Å². The lowest BCUT2D eigenvalue weighted by molar-refractivity contribution is 0.106. The Bertz CT molecular complexity index is 735. The Morgan fingerprint density at radius 3 is 2.45 bits per heavy atom. The highest BCUT2D eigenvalue weighted by Crippen LogP contribution is 2.38. The maximum atomic E-state index is 11.0. The average Bonchev–Trinajstić information content (AvgIpc) is 2.82. The predicted molar refractivity (Wildman–Crippen MR) is 86.4 cm³/mol. The highest BCUT2D eigenvalue weighted by Gasteiger charge is 2.29. The van der Waals surface area contributed by atoms with Crippen LogP contribution in [0.4, 0.5) is 0 Å². The Hall–Kier alpha value is -1.64. The summed E-state index contributed by atoms with van der Waals surface area (Å²) in [6, 6.07) is 16.6. The van der Waals surface area contributed by atoms with E-state index in [4.69, 9.17) is 0 Å². The van der Waals surface area contributed by atoms with Crippen molar-refractivity contribution in [2.24, 2.45) is 0 Å². The summed E-state index contributed by atoms with van der Waals surface area (Å²) in [6.45, 7) is 6.02. The largest absolute Gasteiger partial charge is 0.380 e. The molecule has 0 spiro atoms. The summed E-state index contributed by atoms with van der Waals surface area (Å²) in [5.74, 6) is 0. The van der Waals surface area contributed by atoms with Gasteiger partial charge in [0.15, 0.2) is 0 Å². The summed E-state index contributed by atoms with van der Waals surface area (Å²) in [7, 11) is 0. The number of rotatable bonds is 2. The molecule has 1 aromatic heterocycles. The van der Waals surface area contributed by atoms with Crippen LogP contribution in [-0.2, 0) is 5.60 Å². The molecule has 0 aliphatic rings. The number of aliphatic hydroxyl groups is 1. The summed E-state index contributed by atoms with van der Waals surface area (Å²) < 4.78 is 1.22. The number of hydrogen-bond acceptors (Lipinski definition) is 2. The van der Waals surface area contributed by atoms with Crippen LogP contribution in [-0.4, -0.2) is 5.11 Å². The first-order valence-corrected chi connectivity index (χ1v) is 7.59. The molecule has 0 aliphatic heterocycles. The average molecular weight is 282 g/mol. The van der Waals surface area contributed by atoms with Gasteiger partial charge in [0, 0.05) is 9.58 Å². The maximum absolute atomic E-state index is 11.0. The molecular formula is C18H18OS. The maximum Gasteiger partial charge on any atom is 0.121 e. The van der Waals surface area contributed by atoms with Crippen LogP contribution in [0, 0.1) is 13.8 Å². The van der Waals surface area contributed by atoms with E-state index in [1.54, 1.807) is 11.3 Å². The standard InChI is InChI=1S/C18H18OS/c1-12-8-9-15(13(2)10-12)18(3,19)17-11-14-6-4-5-7-16(14)20-17/h4-11,19H,1-3H3. The minimum Gasteiger partial charge on any atom is -0.380 e. The third-order valence-corrected chi connectivity index (χ3v) is 5.14. The van der Waals surface area contributed by atoms with Crippen LogP contribution >= 0.6 is 11.3 Å². The van der Waals surface area contributed by atoms with E-state index >= 15 is 0 Å². The van der Waals surface area contributed by atoms with E-state index in [0.717, 1.165) is 16.0 Å². The third-order valence-electron chi connectivity index (χ3n) is 3.81. The summed E-state index contributed by atoms with van der Waals surface area (Å²) >= 11 is 1.66. The molecule has 1 atom stereocenters. The van der Waals surface area contributed by atoms with Crippen LogP contribution in [0.2, 0.25) is 0 Å².